The number of hydrogen-bond acceptors (Lipinski definition) is 4. The largest absolute Gasteiger partial charge is 0.387 e. The van der Waals surface area contributed by atoms with E-state index in [0.29, 0.717) is 23.4 Å². The predicted molar refractivity (Wildman–Crippen MR) is 81.3 cm³/mol. The van der Waals surface area contributed by atoms with Gasteiger partial charge >= 0.3 is 0 Å². The van der Waals surface area contributed by atoms with Crippen molar-refractivity contribution in [2.45, 2.75) is 24.5 Å². The third-order valence-corrected chi connectivity index (χ3v) is 4.28. The average Bonchev–Trinajstić information content (AvgIpc) is 2.53. The van der Waals surface area contributed by atoms with Crippen LogP contribution in [0.4, 0.5) is 0 Å². The highest BCUT2D eigenvalue weighted by molar-refractivity contribution is 6.31. The van der Waals surface area contributed by atoms with E-state index in [4.69, 9.17) is 16.3 Å². The molecule has 0 bridgehead atoms. The summed E-state index contributed by atoms with van der Waals surface area (Å²) >= 11 is 6.03. The van der Waals surface area contributed by atoms with Crippen LogP contribution in [0, 0.1) is 0 Å². The van der Waals surface area contributed by atoms with Crippen molar-refractivity contribution in [3.05, 3.63) is 34.9 Å². The Morgan fingerprint density at radius 3 is 2.76 bits per heavy atom. The van der Waals surface area contributed by atoms with E-state index >= 15 is 0 Å². The van der Waals surface area contributed by atoms with E-state index in [9.17, 15) is 9.90 Å². The third-order valence-electron chi connectivity index (χ3n) is 3.94. The lowest BCUT2D eigenvalue weighted by Crippen LogP contribution is -2.54. The first-order chi connectivity index (χ1) is 10.1. The SMILES string of the molecule is COC1(C(=O)NC[C@H](O)c2ccccc2Cl)CCNCC1. The van der Waals surface area contributed by atoms with Gasteiger partial charge in [-0.1, -0.05) is 29.8 Å². The Hall–Kier alpha value is -1.14. The molecule has 3 N–H and O–H groups in total. The topological polar surface area (TPSA) is 70.6 Å². The molecule has 1 atom stereocenters. The van der Waals surface area contributed by atoms with Crippen LogP contribution >= 0.6 is 11.6 Å². The number of halogens is 1. The molecule has 21 heavy (non-hydrogen) atoms. The van der Waals surface area contributed by atoms with E-state index in [2.05, 4.69) is 10.6 Å². The minimum atomic E-state index is -0.835. The number of piperidine rings is 1. The Bertz CT molecular complexity index is 490. The van der Waals surface area contributed by atoms with Crippen molar-refractivity contribution in [2.24, 2.45) is 0 Å². The molecular formula is C15H21ClN2O3. The standard InChI is InChI=1S/C15H21ClN2O3/c1-21-15(6-8-17-9-7-15)14(20)18-10-13(19)11-4-2-3-5-12(11)16/h2-5,13,17,19H,6-10H2,1H3,(H,18,20)/t13-/m0/s1. The number of nitrogens with one attached hydrogen (secondary N) is 2. The highest BCUT2D eigenvalue weighted by Gasteiger charge is 2.39. The van der Waals surface area contributed by atoms with Crippen LogP contribution in [0.25, 0.3) is 0 Å². The van der Waals surface area contributed by atoms with Crippen LogP contribution in [-0.4, -0.2) is 43.4 Å². The van der Waals surface area contributed by atoms with Gasteiger partial charge in [-0.05, 0) is 32.0 Å². The molecule has 0 aliphatic carbocycles. The van der Waals surface area contributed by atoms with Crippen molar-refractivity contribution in [2.75, 3.05) is 26.7 Å². The molecule has 1 aromatic carbocycles. The molecule has 1 aromatic rings. The molecule has 1 amide bonds. The van der Waals surface area contributed by atoms with E-state index in [1.54, 1.807) is 31.4 Å². The number of rotatable bonds is 5. The van der Waals surface area contributed by atoms with Crippen LogP contribution in [-0.2, 0) is 9.53 Å². The van der Waals surface area contributed by atoms with Crippen LogP contribution in [0.1, 0.15) is 24.5 Å². The molecule has 1 aliphatic rings. The number of carbonyl (C=O) groups is 1. The second kappa shape index (κ2) is 7.22. The number of methoxy groups -OCH3 is 1. The number of hydrogen-bond donors (Lipinski definition) is 3. The van der Waals surface area contributed by atoms with Gasteiger partial charge in [0.1, 0.15) is 5.60 Å². The highest BCUT2D eigenvalue weighted by atomic mass is 35.5. The molecule has 1 heterocycles. The summed E-state index contributed by atoms with van der Waals surface area (Å²) in [5, 5.41) is 16.6. The number of carbonyl (C=O) groups excluding carboxylic acids is 1. The fraction of sp³-hybridized carbons (Fsp3) is 0.533. The van der Waals surface area contributed by atoms with Gasteiger partial charge < -0.3 is 20.5 Å². The van der Waals surface area contributed by atoms with E-state index < -0.39 is 11.7 Å². The molecule has 1 fully saturated rings. The Morgan fingerprint density at radius 2 is 2.14 bits per heavy atom. The van der Waals surface area contributed by atoms with Gasteiger partial charge in [0.2, 0.25) is 0 Å². The van der Waals surface area contributed by atoms with Crippen molar-refractivity contribution in [3.63, 3.8) is 0 Å². The summed E-state index contributed by atoms with van der Waals surface area (Å²) in [7, 11) is 1.55. The second-order valence-electron chi connectivity index (χ2n) is 5.20. The quantitative estimate of drug-likeness (QED) is 0.765. The molecule has 1 saturated heterocycles. The Labute approximate surface area is 129 Å². The van der Waals surface area contributed by atoms with E-state index in [1.807, 2.05) is 0 Å². The highest BCUT2D eigenvalue weighted by Crippen LogP contribution is 2.24. The van der Waals surface area contributed by atoms with Crippen LogP contribution in [0.2, 0.25) is 5.02 Å². The summed E-state index contributed by atoms with van der Waals surface area (Å²) in [6.45, 7) is 1.60. The molecule has 116 valence electrons. The summed E-state index contributed by atoms with van der Waals surface area (Å²) in [4.78, 5) is 12.4. The zero-order chi connectivity index (χ0) is 15.3. The molecule has 2 rings (SSSR count). The number of aliphatic hydroxyl groups excluding tert-OH is 1. The van der Waals surface area contributed by atoms with E-state index in [1.165, 1.54) is 0 Å². The summed E-state index contributed by atoms with van der Waals surface area (Å²) in [6, 6.07) is 7.06. The average molecular weight is 313 g/mol. The van der Waals surface area contributed by atoms with E-state index in [0.717, 1.165) is 13.1 Å². The zero-order valence-corrected chi connectivity index (χ0v) is 12.8. The predicted octanol–water partition coefficient (Wildman–Crippen LogP) is 1.26. The van der Waals surface area contributed by atoms with Gasteiger partial charge in [0.15, 0.2) is 0 Å². The fourth-order valence-corrected chi connectivity index (χ4v) is 2.82. The maximum absolute atomic E-state index is 12.4. The maximum atomic E-state index is 12.4. The molecule has 6 heteroatoms. The second-order valence-corrected chi connectivity index (χ2v) is 5.60. The lowest BCUT2D eigenvalue weighted by atomic mass is 9.91. The summed E-state index contributed by atoms with van der Waals surface area (Å²) in [5.41, 5.74) is -0.193. The minimum absolute atomic E-state index is 0.112. The van der Waals surface area contributed by atoms with Crippen molar-refractivity contribution >= 4 is 17.5 Å². The molecule has 0 aromatic heterocycles. The molecule has 5 nitrogen and oxygen atoms in total. The Balaban J connectivity index is 1.95. The monoisotopic (exact) mass is 312 g/mol. The number of aliphatic hydroxyl groups is 1. The number of ether oxygens (including phenoxy) is 1. The van der Waals surface area contributed by atoms with Gasteiger partial charge in [0.05, 0.1) is 6.10 Å². The van der Waals surface area contributed by atoms with Crippen LogP contribution < -0.4 is 10.6 Å². The maximum Gasteiger partial charge on any atom is 0.252 e. The third kappa shape index (κ3) is 3.74. The van der Waals surface area contributed by atoms with Crippen LogP contribution in [0.15, 0.2) is 24.3 Å². The van der Waals surface area contributed by atoms with Crippen molar-refractivity contribution in [3.8, 4) is 0 Å². The summed E-state index contributed by atoms with van der Waals surface area (Å²) in [6.07, 6.45) is 0.410. The molecule has 0 unspecified atom stereocenters. The van der Waals surface area contributed by atoms with Gasteiger partial charge in [-0.25, -0.2) is 0 Å². The molecule has 0 spiro atoms. The van der Waals surface area contributed by atoms with Crippen LogP contribution in [0.5, 0.6) is 0 Å². The molecular weight excluding hydrogens is 292 g/mol. The van der Waals surface area contributed by atoms with Gasteiger partial charge in [-0.3, -0.25) is 4.79 Å². The Kier molecular flexibility index (Phi) is 5.58. The van der Waals surface area contributed by atoms with E-state index in [-0.39, 0.29) is 12.5 Å². The first-order valence-corrected chi connectivity index (χ1v) is 7.43. The summed E-state index contributed by atoms with van der Waals surface area (Å²) < 4.78 is 5.44. The van der Waals surface area contributed by atoms with Crippen molar-refractivity contribution in [1.82, 2.24) is 10.6 Å². The van der Waals surface area contributed by atoms with Crippen molar-refractivity contribution < 1.29 is 14.6 Å². The minimum Gasteiger partial charge on any atom is -0.387 e. The number of benzene rings is 1. The Morgan fingerprint density at radius 1 is 1.48 bits per heavy atom. The lowest BCUT2D eigenvalue weighted by molar-refractivity contribution is -0.147. The van der Waals surface area contributed by atoms with Crippen LogP contribution in [0.3, 0.4) is 0 Å². The van der Waals surface area contributed by atoms with Gasteiger partial charge in [-0.15, -0.1) is 0 Å². The van der Waals surface area contributed by atoms with Crippen molar-refractivity contribution in [1.29, 1.82) is 0 Å². The molecule has 0 radical (unpaired) electrons. The van der Waals surface area contributed by atoms with Gasteiger partial charge in [0.25, 0.3) is 5.91 Å². The van der Waals surface area contributed by atoms with Gasteiger partial charge in [0, 0.05) is 24.2 Å². The molecule has 0 saturated carbocycles. The normalized spacial score (nSPS) is 19.0. The van der Waals surface area contributed by atoms with Gasteiger partial charge in [-0.2, -0.15) is 0 Å². The molecule has 1 aliphatic heterocycles. The lowest BCUT2D eigenvalue weighted by Gasteiger charge is -2.35. The fourth-order valence-electron chi connectivity index (χ4n) is 2.56. The first-order valence-electron chi connectivity index (χ1n) is 7.06. The number of amides is 1. The smallest absolute Gasteiger partial charge is 0.252 e. The first kappa shape index (κ1) is 16.2. The zero-order valence-electron chi connectivity index (χ0n) is 12.1. The summed E-state index contributed by atoms with van der Waals surface area (Å²) in [5.74, 6) is -0.183.